The van der Waals surface area contributed by atoms with Gasteiger partial charge in [-0.15, -0.1) is 0 Å². The van der Waals surface area contributed by atoms with E-state index in [4.69, 9.17) is 4.52 Å². The second kappa shape index (κ2) is 6.48. The van der Waals surface area contributed by atoms with Crippen LogP contribution in [0.1, 0.15) is 56.3 Å². The zero-order valence-corrected chi connectivity index (χ0v) is 15.2. The predicted octanol–water partition coefficient (Wildman–Crippen LogP) is 2.43. The SMILES string of the molecule is CC(=O)Nc1ccc(S(=O)(=O)N2CCCC2c2nc(C3CC3)no2)cc1. The van der Waals surface area contributed by atoms with Gasteiger partial charge >= 0.3 is 0 Å². The summed E-state index contributed by atoms with van der Waals surface area (Å²) in [5.41, 5.74) is 0.556. The van der Waals surface area contributed by atoms with Gasteiger partial charge in [0.1, 0.15) is 6.04 Å². The first-order valence-corrected chi connectivity index (χ1v) is 10.1. The van der Waals surface area contributed by atoms with Crippen LogP contribution in [0.2, 0.25) is 0 Å². The van der Waals surface area contributed by atoms with Gasteiger partial charge in [0.05, 0.1) is 4.90 Å². The van der Waals surface area contributed by atoms with E-state index in [1.165, 1.54) is 23.4 Å². The maximum atomic E-state index is 13.1. The summed E-state index contributed by atoms with van der Waals surface area (Å²) in [6.45, 7) is 1.82. The summed E-state index contributed by atoms with van der Waals surface area (Å²) in [6.07, 6.45) is 3.53. The summed E-state index contributed by atoms with van der Waals surface area (Å²) < 4.78 is 32.9. The Kier molecular flexibility index (Phi) is 4.28. The minimum atomic E-state index is -3.68. The highest BCUT2D eigenvalue weighted by Gasteiger charge is 2.40. The Bertz CT molecular complexity index is 918. The number of carbonyl (C=O) groups is 1. The molecule has 9 heteroatoms. The number of hydrogen-bond acceptors (Lipinski definition) is 6. The first-order valence-electron chi connectivity index (χ1n) is 8.68. The Balaban J connectivity index is 1.58. The van der Waals surface area contributed by atoms with Crippen molar-refractivity contribution in [1.29, 1.82) is 0 Å². The molecule has 1 unspecified atom stereocenters. The molecule has 1 aromatic carbocycles. The number of carbonyl (C=O) groups excluding carboxylic acids is 1. The lowest BCUT2D eigenvalue weighted by atomic mass is 10.2. The molecule has 2 aromatic rings. The van der Waals surface area contributed by atoms with Crippen molar-refractivity contribution >= 4 is 21.6 Å². The number of nitrogens with zero attached hydrogens (tertiary/aromatic N) is 3. The van der Waals surface area contributed by atoms with E-state index >= 15 is 0 Å². The van der Waals surface area contributed by atoms with Crippen LogP contribution < -0.4 is 5.32 Å². The molecule has 1 aliphatic carbocycles. The highest BCUT2D eigenvalue weighted by Crippen LogP contribution is 2.40. The maximum Gasteiger partial charge on any atom is 0.245 e. The highest BCUT2D eigenvalue weighted by molar-refractivity contribution is 7.89. The standard InChI is InChI=1S/C17H20N4O4S/c1-11(22)18-13-6-8-14(9-7-13)26(23,24)21-10-2-3-15(21)17-19-16(20-25-17)12-4-5-12/h6-9,12,15H,2-5,10H2,1H3,(H,18,22). The Morgan fingerprint density at radius 2 is 1.96 bits per heavy atom. The van der Waals surface area contributed by atoms with E-state index in [9.17, 15) is 13.2 Å². The predicted molar refractivity (Wildman–Crippen MR) is 92.9 cm³/mol. The molecule has 2 fully saturated rings. The van der Waals surface area contributed by atoms with Crippen LogP contribution in [0.15, 0.2) is 33.7 Å². The molecule has 138 valence electrons. The molecule has 0 bridgehead atoms. The fourth-order valence-electron chi connectivity index (χ4n) is 3.21. The molecule has 1 aromatic heterocycles. The maximum absolute atomic E-state index is 13.1. The van der Waals surface area contributed by atoms with Gasteiger partial charge in [-0.05, 0) is 49.9 Å². The molecule has 0 radical (unpaired) electrons. The number of hydrogen-bond donors (Lipinski definition) is 1. The molecule has 8 nitrogen and oxygen atoms in total. The molecule has 1 N–H and O–H groups in total. The summed E-state index contributed by atoms with van der Waals surface area (Å²) in [4.78, 5) is 15.7. The normalized spacial score (nSPS) is 21.0. The number of nitrogens with one attached hydrogen (secondary N) is 1. The number of benzene rings is 1. The Morgan fingerprint density at radius 1 is 1.23 bits per heavy atom. The monoisotopic (exact) mass is 376 g/mol. The fraction of sp³-hybridized carbons (Fsp3) is 0.471. The minimum absolute atomic E-state index is 0.181. The number of rotatable bonds is 5. The third kappa shape index (κ3) is 3.24. The number of sulfonamides is 1. The van der Waals surface area contributed by atoms with Crippen LogP contribution in [0.3, 0.4) is 0 Å². The van der Waals surface area contributed by atoms with Gasteiger partial charge in [0.2, 0.25) is 21.8 Å². The van der Waals surface area contributed by atoms with E-state index < -0.39 is 16.1 Å². The van der Waals surface area contributed by atoms with Gasteiger partial charge < -0.3 is 9.84 Å². The van der Waals surface area contributed by atoms with Gasteiger partial charge in [-0.3, -0.25) is 4.79 Å². The zero-order chi connectivity index (χ0) is 18.3. The summed E-state index contributed by atoms with van der Waals surface area (Å²) >= 11 is 0. The molecule has 0 spiro atoms. The van der Waals surface area contributed by atoms with Crippen LogP contribution in [0.4, 0.5) is 5.69 Å². The van der Waals surface area contributed by atoms with Gasteiger partial charge in [-0.25, -0.2) is 8.42 Å². The summed E-state index contributed by atoms with van der Waals surface area (Å²) in [5, 5.41) is 6.63. The van der Waals surface area contributed by atoms with Gasteiger partial charge in [-0.1, -0.05) is 5.16 Å². The van der Waals surface area contributed by atoms with E-state index in [0.717, 1.165) is 19.3 Å². The quantitative estimate of drug-likeness (QED) is 0.859. The van der Waals surface area contributed by atoms with Gasteiger partial charge in [0.15, 0.2) is 5.82 Å². The lowest BCUT2D eigenvalue weighted by Crippen LogP contribution is -2.30. The van der Waals surface area contributed by atoms with Crippen molar-refractivity contribution in [2.24, 2.45) is 0 Å². The second-order valence-corrected chi connectivity index (χ2v) is 8.63. The third-order valence-corrected chi connectivity index (χ3v) is 6.59. The van der Waals surface area contributed by atoms with Crippen LogP contribution >= 0.6 is 0 Å². The lowest BCUT2D eigenvalue weighted by molar-refractivity contribution is -0.114. The van der Waals surface area contributed by atoms with E-state index in [0.29, 0.717) is 36.3 Å². The smallest absolute Gasteiger partial charge is 0.245 e. The van der Waals surface area contributed by atoms with Crippen LogP contribution in [0.25, 0.3) is 0 Å². The largest absolute Gasteiger partial charge is 0.338 e. The lowest BCUT2D eigenvalue weighted by Gasteiger charge is -2.21. The van der Waals surface area contributed by atoms with Crippen molar-refractivity contribution in [2.45, 2.75) is 49.5 Å². The molecule has 1 saturated heterocycles. The Labute approximate surface area is 151 Å². The second-order valence-electron chi connectivity index (χ2n) is 6.74. The van der Waals surface area contributed by atoms with Crippen molar-refractivity contribution in [3.05, 3.63) is 36.0 Å². The molecule has 1 aliphatic heterocycles. The van der Waals surface area contributed by atoms with Gasteiger partial charge in [0, 0.05) is 25.1 Å². The topological polar surface area (TPSA) is 105 Å². The summed E-state index contributed by atoms with van der Waals surface area (Å²) in [5.74, 6) is 1.22. The first-order chi connectivity index (χ1) is 12.4. The number of amides is 1. The average Bonchev–Trinajstić information content (AvgIpc) is 3.13. The van der Waals surface area contributed by atoms with E-state index in [2.05, 4.69) is 15.5 Å². The molecule has 2 heterocycles. The van der Waals surface area contributed by atoms with Crippen molar-refractivity contribution in [3.8, 4) is 0 Å². The van der Waals surface area contributed by atoms with E-state index in [1.807, 2.05) is 0 Å². The number of aromatic nitrogens is 2. The van der Waals surface area contributed by atoms with E-state index in [1.54, 1.807) is 12.1 Å². The molecular formula is C17H20N4O4S. The minimum Gasteiger partial charge on any atom is -0.338 e. The van der Waals surface area contributed by atoms with Crippen molar-refractivity contribution < 1.29 is 17.7 Å². The molecular weight excluding hydrogens is 356 g/mol. The van der Waals surface area contributed by atoms with Crippen molar-refractivity contribution in [2.75, 3.05) is 11.9 Å². The Hall–Kier alpha value is -2.26. The highest BCUT2D eigenvalue weighted by atomic mass is 32.2. The summed E-state index contributed by atoms with van der Waals surface area (Å²) in [7, 11) is -3.68. The van der Waals surface area contributed by atoms with Gasteiger partial charge in [-0.2, -0.15) is 9.29 Å². The van der Waals surface area contributed by atoms with Crippen molar-refractivity contribution in [1.82, 2.24) is 14.4 Å². The van der Waals surface area contributed by atoms with Crippen LogP contribution in [0, 0.1) is 0 Å². The molecule has 26 heavy (non-hydrogen) atoms. The molecule has 4 rings (SSSR count). The molecule has 1 atom stereocenters. The molecule has 1 saturated carbocycles. The average molecular weight is 376 g/mol. The zero-order valence-electron chi connectivity index (χ0n) is 14.4. The third-order valence-electron chi connectivity index (χ3n) is 4.67. The van der Waals surface area contributed by atoms with E-state index in [-0.39, 0.29) is 10.8 Å². The van der Waals surface area contributed by atoms with Gasteiger partial charge in [0.25, 0.3) is 0 Å². The van der Waals surface area contributed by atoms with Crippen LogP contribution in [-0.2, 0) is 14.8 Å². The Morgan fingerprint density at radius 3 is 2.62 bits per heavy atom. The molecule has 1 amide bonds. The fourth-order valence-corrected chi connectivity index (χ4v) is 4.86. The van der Waals surface area contributed by atoms with Crippen LogP contribution in [0.5, 0.6) is 0 Å². The molecule has 2 aliphatic rings. The first kappa shape index (κ1) is 17.2. The van der Waals surface area contributed by atoms with Crippen molar-refractivity contribution in [3.63, 3.8) is 0 Å². The number of anilines is 1. The van der Waals surface area contributed by atoms with Crippen LogP contribution in [-0.4, -0.2) is 35.3 Å². The summed E-state index contributed by atoms with van der Waals surface area (Å²) in [6, 6.07) is 5.74.